The molecule has 0 aliphatic carbocycles. The summed E-state index contributed by atoms with van der Waals surface area (Å²) in [7, 11) is 0. The van der Waals surface area contributed by atoms with Crippen LogP contribution < -0.4 is 48.7 Å². The summed E-state index contributed by atoms with van der Waals surface area (Å²) in [6.07, 6.45) is 4.15. The number of hydrogen-bond acceptors (Lipinski definition) is 10. The number of imidazole rings is 1. The smallest absolute Gasteiger partial charge is 0.243 e. The number of H-pyrrole nitrogens is 2. The molecule has 1 aliphatic heterocycles. The van der Waals surface area contributed by atoms with E-state index in [1.54, 1.807) is 36.5 Å². The van der Waals surface area contributed by atoms with E-state index in [2.05, 4.69) is 57.2 Å². The molecule has 1 fully saturated rings. The second kappa shape index (κ2) is 23.7. The molecule has 3 heterocycles. The van der Waals surface area contributed by atoms with E-state index in [0.717, 1.165) is 10.9 Å². The van der Waals surface area contributed by atoms with Crippen LogP contribution in [-0.4, -0.2) is 117 Å². The molecule has 21 nitrogen and oxygen atoms in total. The number of para-hydroxylation sites is 1. The molecule has 0 bridgehead atoms. The van der Waals surface area contributed by atoms with Crippen molar-refractivity contribution in [1.29, 1.82) is 0 Å². The highest BCUT2D eigenvalue weighted by Gasteiger charge is 2.34. The Hall–Kier alpha value is -7.58. The number of ketones is 1. The Kier molecular flexibility index (Phi) is 17.7. The number of benzene rings is 2. The lowest BCUT2D eigenvalue weighted by atomic mass is 10.0. The van der Waals surface area contributed by atoms with Gasteiger partial charge in [-0.3, -0.25) is 43.3 Å². The summed E-state index contributed by atoms with van der Waals surface area (Å²) in [6.45, 7) is 2.52. The van der Waals surface area contributed by atoms with Gasteiger partial charge in [-0.2, -0.15) is 0 Å². The first-order valence-corrected chi connectivity index (χ1v) is 21.3. The Labute approximate surface area is 374 Å². The monoisotopic (exact) mass is 895 g/mol. The van der Waals surface area contributed by atoms with Gasteiger partial charge in [-0.25, -0.2) is 4.98 Å². The molecule has 0 radical (unpaired) electrons. The summed E-state index contributed by atoms with van der Waals surface area (Å²) in [6, 6.07) is 8.61. The van der Waals surface area contributed by atoms with Gasteiger partial charge in [-0.05, 0) is 49.8 Å². The standard InChI is InChI=1S/C44H57N13O8/c1-25(58)31-16-18-48-38(60)15-14-34(52-26(2)59)40(62)57-37(21-29-23-47-24-51-29)43(65)55-35(19-27-9-4-3-5-10-27)41(63)54-33(13-8-17-49-44(45)46)39(61)56-36(42(64)53-31)20-28-22-50-32-12-7-6-11-30(28)32/h3-7,9-12,22-24,31,33-37,50H,8,13-21H2,1-2H3,(H,47,51)(H,48,60)(H,52,59)(H,53,64)(H,54,63)(H,55,65)(H,56,61)(H,57,62)(H4,45,46,49)/t31-,33-,34-,35+,36-,37-/m0/s1. The molecule has 4 aromatic rings. The van der Waals surface area contributed by atoms with Crippen molar-refractivity contribution < 1.29 is 38.4 Å². The predicted molar refractivity (Wildman–Crippen MR) is 239 cm³/mol. The van der Waals surface area contributed by atoms with Crippen molar-refractivity contribution in [3.05, 3.63) is 90.1 Å². The first-order chi connectivity index (χ1) is 31.2. The number of aromatic nitrogens is 3. The van der Waals surface area contributed by atoms with Crippen LogP contribution >= 0.6 is 0 Å². The highest BCUT2D eigenvalue weighted by Crippen LogP contribution is 2.20. The molecule has 65 heavy (non-hydrogen) atoms. The third kappa shape index (κ3) is 15.0. The molecular weight excluding hydrogens is 839 g/mol. The minimum atomic E-state index is -1.33. The lowest BCUT2D eigenvalue weighted by Gasteiger charge is -2.28. The third-order valence-corrected chi connectivity index (χ3v) is 10.8. The van der Waals surface area contributed by atoms with Crippen LogP contribution in [0.15, 0.2) is 78.3 Å². The SMILES string of the molecule is CC(=O)N[C@H]1CCC(=O)NCC[C@@H](C(C)=O)NC(=O)[C@H](Cc2c[nH]c3ccccc23)NC(=O)[C@H](CCCN=C(N)N)NC(=O)[C@@H](Cc2ccccc2)NC(=O)[C@H](Cc2cnc[nH]2)NC1=O. The zero-order valence-corrected chi connectivity index (χ0v) is 36.3. The van der Waals surface area contributed by atoms with Gasteiger partial charge in [0, 0.05) is 74.7 Å². The number of aliphatic imine (C=N–C) groups is 1. The van der Waals surface area contributed by atoms with E-state index in [4.69, 9.17) is 11.5 Å². The van der Waals surface area contributed by atoms with E-state index >= 15 is 0 Å². The summed E-state index contributed by atoms with van der Waals surface area (Å²) >= 11 is 0. The zero-order valence-electron chi connectivity index (χ0n) is 36.3. The van der Waals surface area contributed by atoms with E-state index < -0.39 is 83.4 Å². The Morgan fingerprint density at radius 3 is 2.05 bits per heavy atom. The first kappa shape index (κ1) is 48.5. The Balaban J connectivity index is 1.54. The Bertz CT molecular complexity index is 2330. The van der Waals surface area contributed by atoms with E-state index in [9.17, 15) is 38.4 Å². The van der Waals surface area contributed by atoms with Crippen LogP contribution in [-0.2, 0) is 57.6 Å². The van der Waals surface area contributed by atoms with Crippen LogP contribution in [0.1, 0.15) is 62.8 Å². The third-order valence-electron chi connectivity index (χ3n) is 10.8. The van der Waals surface area contributed by atoms with Crippen LogP contribution in [0.25, 0.3) is 10.9 Å². The lowest BCUT2D eigenvalue weighted by molar-refractivity contribution is -0.135. The second-order valence-electron chi connectivity index (χ2n) is 15.8. The van der Waals surface area contributed by atoms with Crippen molar-refractivity contribution in [2.24, 2.45) is 16.5 Å². The number of guanidine groups is 1. The number of nitrogens with one attached hydrogen (secondary N) is 9. The summed E-state index contributed by atoms with van der Waals surface area (Å²) in [5.41, 5.74) is 13.7. The molecule has 0 spiro atoms. The van der Waals surface area contributed by atoms with Gasteiger partial charge in [-0.1, -0.05) is 48.5 Å². The Morgan fingerprint density at radius 2 is 1.37 bits per heavy atom. The maximum atomic E-state index is 14.5. The highest BCUT2D eigenvalue weighted by molar-refractivity contribution is 5.98. The molecule has 13 N–H and O–H groups in total. The molecule has 0 saturated carbocycles. The molecule has 2 aromatic carbocycles. The van der Waals surface area contributed by atoms with Crippen LogP contribution in [0, 0.1) is 0 Å². The second-order valence-corrected chi connectivity index (χ2v) is 15.8. The normalized spacial score (nSPS) is 22.1. The van der Waals surface area contributed by atoms with Crippen molar-refractivity contribution in [3.63, 3.8) is 0 Å². The fourth-order valence-corrected chi connectivity index (χ4v) is 7.36. The minimum Gasteiger partial charge on any atom is -0.370 e. The van der Waals surface area contributed by atoms with E-state index in [1.807, 2.05) is 24.3 Å². The van der Waals surface area contributed by atoms with Gasteiger partial charge >= 0.3 is 0 Å². The van der Waals surface area contributed by atoms with Crippen LogP contribution in [0.3, 0.4) is 0 Å². The number of carbonyl (C=O) groups is 8. The molecular formula is C44H57N13O8. The number of amides is 7. The number of carbonyl (C=O) groups excluding carboxylic acids is 8. The number of nitrogens with zero attached hydrogens (tertiary/aromatic N) is 2. The molecule has 1 aliphatic rings. The molecule has 0 unspecified atom stereocenters. The fraction of sp³-hybridized carbons (Fsp3) is 0.409. The molecule has 5 rings (SSSR count). The molecule has 1 saturated heterocycles. The quantitative estimate of drug-likeness (QED) is 0.0456. The molecule has 21 heteroatoms. The average molecular weight is 896 g/mol. The van der Waals surface area contributed by atoms with Crippen LogP contribution in [0.4, 0.5) is 0 Å². The number of aromatic amines is 2. The number of rotatable bonds is 12. The molecule has 2 aromatic heterocycles. The van der Waals surface area contributed by atoms with Crippen molar-refractivity contribution in [1.82, 2.24) is 52.2 Å². The van der Waals surface area contributed by atoms with Crippen LogP contribution in [0.5, 0.6) is 0 Å². The fourth-order valence-electron chi connectivity index (χ4n) is 7.36. The molecule has 6 atom stereocenters. The van der Waals surface area contributed by atoms with Gasteiger partial charge in [0.2, 0.25) is 41.4 Å². The van der Waals surface area contributed by atoms with Gasteiger partial charge in [0.1, 0.15) is 30.2 Å². The topological polar surface area (TPSA) is 330 Å². The number of hydrogen-bond donors (Lipinski definition) is 11. The summed E-state index contributed by atoms with van der Waals surface area (Å²) < 4.78 is 0. The first-order valence-electron chi connectivity index (χ1n) is 21.3. The van der Waals surface area contributed by atoms with E-state index in [-0.39, 0.29) is 70.4 Å². The zero-order chi connectivity index (χ0) is 46.9. The lowest BCUT2D eigenvalue weighted by Crippen LogP contribution is -2.60. The van der Waals surface area contributed by atoms with Crippen molar-refractivity contribution in [3.8, 4) is 0 Å². The molecule has 7 amide bonds. The number of Topliss-reactive ketones (excluding diaryl/α,β-unsaturated/α-hetero) is 1. The maximum absolute atomic E-state index is 14.5. The summed E-state index contributed by atoms with van der Waals surface area (Å²) in [4.78, 5) is 124. The average Bonchev–Trinajstić information content (AvgIpc) is 3.94. The highest BCUT2D eigenvalue weighted by atomic mass is 16.2. The minimum absolute atomic E-state index is 0.0133. The molecule has 346 valence electrons. The largest absolute Gasteiger partial charge is 0.370 e. The summed E-state index contributed by atoms with van der Waals surface area (Å²) in [5, 5.41) is 19.8. The van der Waals surface area contributed by atoms with E-state index in [1.165, 1.54) is 26.4 Å². The van der Waals surface area contributed by atoms with Gasteiger partial charge in [0.05, 0.1) is 12.4 Å². The number of nitrogens with two attached hydrogens (primary N) is 2. The van der Waals surface area contributed by atoms with E-state index in [0.29, 0.717) is 16.8 Å². The van der Waals surface area contributed by atoms with Gasteiger partial charge in [0.15, 0.2) is 11.7 Å². The van der Waals surface area contributed by atoms with Gasteiger partial charge in [-0.15, -0.1) is 0 Å². The van der Waals surface area contributed by atoms with Crippen molar-refractivity contribution >= 4 is 64.0 Å². The number of fused-ring (bicyclic) bond motifs is 1. The van der Waals surface area contributed by atoms with Crippen molar-refractivity contribution in [2.75, 3.05) is 13.1 Å². The van der Waals surface area contributed by atoms with Gasteiger partial charge in [0.25, 0.3) is 0 Å². The predicted octanol–water partition coefficient (Wildman–Crippen LogP) is -1.21. The van der Waals surface area contributed by atoms with Crippen molar-refractivity contribution in [2.45, 2.75) is 101 Å². The van der Waals surface area contributed by atoms with Gasteiger partial charge < -0.3 is 58.7 Å². The maximum Gasteiger partial charge on any atom is 0.243 e. The van der Waals surface area contributed by atoms with Crippen LogP contribution in [0.2, 0.25) is 0 Å². The summed E-state index contributed by atoms with van der Waals surface area (Å²) in [5.74, 6) is -5.46. The Morgan fingerprint density at radius 1 is 0.738 bits per heavy atom.